The van der Waals surface area contributed by atoms with Crippen LogP contribution in [0, 0.1) is 6.92 Å². The van der Waals surface area contributed by atoms with E-state index in [1.807, 2.05) is 26.8 Å². The van der Waals surface area contributed by atoms with E-state index in [-0.39, 0.29) is 11.1 Å². The largest absolute Gasteiger partial charge is 0.372 e. The molecule has 154 valence electrons. The second-order valence-corrected chi connectivity index (χ2v) is 8.12. The summed E-state index contributed by atoms with van der Waals surface area (Å²) in [7, 11) is 0. The number of ketones is 1. The molecule has 0 saturated heterocycles. The zero-order chi connectivity index (χ0) is 21.0. The van der Waals surface area contributed by atoms with Crippen molar-refractivity contribution < 1.29 is 15.0 Å². The number of Topliss-reactive ketones (excluding diaryl/α,β-unsaturated/α-hetero) is 1. The molecule has 2 unspecified atom stereocenters. The lowest BCUT2D eigenvalue weighted by Crippen LogP contribution is -2.56. The molecule has 0 amide bonds. The fourth-order valence-electron chi connectivity index (χ4n) is 4.83. The maximum atomic E-state index is 13.5. The molecular weight excluding hydrogens is 368 g/mol. The Morgan fingerprint density at radius 1 is 1.00 bits per heavy atom. The first-order valence-electron chi connectivity index (χ1n) is 10.5. The highest BCUT2D eigenvalue weighted by molar-refractivity contribution is 6.11. The predicted molar refractivity (Wildman–Crippen MR) is 111 cm³/mol. The molecule has 1 aromatic heterocycles. The number of anilines is 1. The number of benzene rings is 1. The van der Waals surface area contributed by atoms with Gasteiger partial charge < -0.3 is 19.7 Å². The molecule has 29 heavy (non-hydrogen) atoms. The van der Waals surface area contributed by atoms with Crippen LogP contribution >= 0.6 is 0 Å². The van der Waals surface area contributed by atoms with Crippen LogP contribution in [-0.2, 0) is 17.9 Å². The van der Waals surface area contributed by atoms with E-state index in [9.17, 15) is 19.8 Å². The Kier molecular flexibility index (Phi) is 4.67. The smallest absolute Gasteiger partial charge is 0.259 e. The van der Waals surface area contributed by atoms with Crippen molar-refractivity contribution in [3.8, 4) is 0 Å². The molecule has 0 bridgehead atoms. The van der Waals surface area contributed by atoms with Crippen molar-refractivity contribution in [2.24, 2.45) is 0 Å². The van der Waals surface area contributed by atoms with Gasteiger partial charge in [0.2, 0.25) is 17.1 Å². The van der Waals surface area contributed by atoms with Gasteiger partial charge in [-0.05, 0) is 25.8 Å². The monoisotopic (exact) mass is 396 g/mol. The number of aryl methyl sites for hydroxylation is 1. The summed E-state index contributed by atoms with van der Waals surface area (Å²) in [4.78, 5) is 28.5. The van der Waals surface area contributed by atoms with E-state index in [1.165, 1.54) is 0 Å². The summed E-state index contributed by atoms with van der Waals surface area (Å²) in [6, 6.07) is 8.54. The van der Waals surface area contributed by atoms with Gasteiger partial charge in [0.05, 0.1) is 11.3 Å². The summed E-state index contributed by atoms with van der Waals surface area (Å²) in [6.45, 7) is 6.88. The molecule has 2 atom stereocenters. The van der Waals surface area contributed by atoms with Gasteiger partial charge in [0.1, 0.15) is 0 Å². The minimum Gasteiger partial charge on any atom is -0.372 e. The molecule has 6 heteroatoms. The number of hydrogen-bond acceptors (Lipinski definition) is 5. The van der Waals surface area contributed by atoms with Gasteiger partial charge in [-0.3, -0.25) is 9.59 Å². The second-order valence-electron chi connectivity index (χ2n) is 8.12. The molecule has 2 N–H and O–H groups in total. The molecule has 1 aliphatic heterocycles. The Bertz CT molecular complexity index is 1040. The van der Waals surface area contributed by atoms with E-state index in [2.05, 4.69) is 0 Å². The number of hydrogen-bond donors (Lipinski definition) is 2. The van der Waals surface area contributed by atoms with Crippen LogP contribution in [0.25, 0.3) is 0 Å². The fraction of sp³-hybridized carbons (Fsp3) is 0.478. The van der Waals surface area contributed by atoms with Gasteiger partial charge in [-0.2, -0.15) is 0 Å². The first kappa shape index (κ1) is 19.9. The van der Waals surface area contributed by atoms with Crippen LogP contribution in [0.15, 0.2) is 35.1 Å². The Morgan fingerprint density at radius 3 is 2.34 bits per heavy atom. The maximum absolute atomic E-state index is 13.5. The van der Waals surface area contributed by atoms with Gasteiger partial charge in [0.25, 0.3) is 5.56 Å². The van der Waals surface area contributed by atoms with Gasteiger partial charge >= 0.3 is 0 Å². The van der Waals surface area contributed by atoms with E-state index in [4.69, 9.17) is 0 Å². The van der Waals surface area contributed by atoms with Gasteiger partial charge in [-0.1, -0.05) is 51.0 Å². The lowest BCUT2D eigenvalue weighted by atomic mass is 9.86. The Hall–Kier alpha value is -2.44. The number of rotatable bonds is 6. The van der Waals surface area contributed by atoms with Crippen LogP contribution in [0.3, 0.4) is 0 Å². The standard InChI is InChI=1S/C23H28N2O4/c1-4-6-12-24-15(3)14-18-19(21(24)27)22(28)20(26)16-10-8-9-11-17(16)23(22,29)25(18)13-7-5-2/h8-11,14,28-29H,4-7,12-13H2,1-3H3. The van der Waals surface area contributed by atoms with Crippen molar-refractivity contribution in [3.63, 3.8) is 0 Å². The summed E-state index contributed by atoms with van der Waals surface area (Å²) in [5, 5.41) is 23.7. The van der Waals surface area contributed by atoms with Crippen LogP contribution in [-0.4, -0.2) is 27.1 Å². The molecule has 1 aliphatic carbocycles. The normalized spacial score (nSPS) is 24.6. The van der Waals surface area contributed by atoms with E-state index in [0.717, 1.165) is 31.4 Å². The van der Waals surface area contributed by atoms with E-state index >= 15 is 0 Å². The van der Waals surface area contributed by atoms with Gasteiger partial charge in [0.15, 0.2) is 0 Å². The number of carbonyl (C=O) groups excluding carboxylic acids is 1. The highest BCUT2D eigenvalue weighted by Crippen LogP contribution is 2.59. The number of aliphatic hydroxyl groups is 2. The molecular formula is C23H28N2O4. The third-order valence-electron chi connectivity index (χ3n) is 6.38. The molecule has 0 radical (unpaired) electrons. The third kappa shape index (κ3) is 2.36. The lowest BCUT2D eigenvalue weighted by Gasteiger charge is -2.38. The molecule has 4 rings (SSSR count). The zero-order valence-electron chi connectivity index (χ0n) is 17.2. The first-order valence-corrected chi connectivity index (χ1v) is 10.5. The number of pyridine rings is 1. The summed E-state index contributed by atoms with van der Waals surface area (Å²) in [5.74, 6) is -0.612. The average molecular weight is 396 g/mol. The average Bonchev–Trinajstić information content (AvgIpc) is 3.01. The molecule has 2 aliphatic rings. The van der Waals surface area contributed by atoms with Gasteiger partial charge in [-0.15, -0.1) is 0 Å². The van der Waals surface area contributed by atoms with Gasteiger partial charge in [-0.25, -0.2) is 0 Å². The third-order valence-corrected chi connectivity index (χ3v) is 6.38. The molecule has 0 saturated carbocycles. The van der Waals surface area contributed by atoms with Crippen molar-refractivity contribution in [1.29, 1.82) is 0 Å². The predicted octanol–water partition coefficient (Wildman–Crippen LogP) is 2.81. The van der Waals surface area contributed by atoms with Crippen LogP contribution in [0.4, 0.5) is 5.69 Å². The topological polar surface area (TPSA) is 82.8 Å². The molecule has 0 fully saturated rings. The number of nitrogens with zero attached hydrogens (tertiary/aromatic N) is 2. The minimum absolute atomic E-state index is 0.000920. The molecule has 2 heterocycles. The highest BCUT2D eigenvalue weighted by atomic mass is 16.4. The van der Waals surface area contributed by atoms with Crippen LogP contribution in [0.5, 0.6) is 0 Å². The Labute approximate surface area is 170 Å². The van der Waals surface area contributed by atoms with Crippen LogP contribution in [0.2, 0.25) is 0 Å². The summed E-state index contributed by atoms with van der Waals surface area (Å²) in [5.41, 5.74) is -2.83. The van der Waals surface area contributed by atoms with E-state index in [1.54, 1.807) is 33.7 Å². The zero-order valence-corrected chi connectivity index (χ0v) is 17.2. The number of unbranched alkanes of at least 4 members (excludes halogenated alkanes) is 2. The molecule has 6 nitrogen and oxygen atoms in total. The van der Waals surface area contributed by atoms with Crippen LogP contribution < -0.4 is 10.5 Å². The lowest BCUT2D eigenvalue weighted by molar-refractivity contribution is -0.118. The minimum atomic E-state index is -2.31. The second kappa shape index (κ2) is 6.82. The van der Waals surface area contributed by atoms with Crippen molar-refractivity contribution in [2.45, 2.75) is 64.3 Å². The van der Waals surface area contributed by atoms with Crippen molar-refractivity contribution in [1.82, 2.24) is 4.57 Å². The highest BCUT2D eigenvalue weighted by Gasteiger charge is 2.72. The summed E-state index contributed by atoms with van der Waals surface area (Å²) >= 11 is 0. The molecule has 1 aromatic carbocycles. The quantitative estimate of drug-likeness (QED) is 0.785. The van der Waals surface area contributed by atoms with Gasteiger partial charge in [0, 0.05) is 29.9 Å². The SMILES string of the molecule is CCCCN1c2cc(C)n(CCCC)c(=O)c2C2(O)C(=O)c3ccccc3C12O. The number of aromatic nitrogens is 1. The summed E-state index contributed by atoms with van der Waals surface area (Å²) < 4.78 is 1.61. The Balaban J connectivity index is 2.03. The van der Waals surface area contributed by atoms with Crippen LogP contribution in [0.1, 0.15) is 66.7 Å². The van der Waals surface area contributed by atoms with E-state index in [0.29, 0.717) is 24.3 Å². The summed E-state index contributed by atoms with van der Waals surface area (Å²) in [6.07, 6.45) is 3.37. The van der Waals surface area contributed by atoms with Crippen molar-refractivity contribution in [3.05, 3.63) is 63.1 Å². The molecule has 2 aromatic rings. The maximum Gasteiger partial charge on any atom is 0.259 e. The number of carbonyl (C=O) groups is 1. The van der Waals surface area contributed by atoms with Crippen molar-refractivity contribution >= 4 is 11.5 Å². The van der Waals surface area contributed by atoms with E-state index < -0.39 is 22.7 Å². The molecule has 0 spiro atoms. The first-order chi connectivity index (χ1) is 13.8. The number of fused-ring (bicyclic) bond motifs is 5. The fourth-order valence-corrected chi connectivity index (χ4v) is 4.83. The Morgan fingerprint density at radius 2 is 1.66 bits per heavy atom. The van der Waals surface area contributed by atoms with Crippen molar-refractivity contribution in [2.75, 3.05) is 11.4 Å².